The number of methoxy groups -OCH3 is 1. The third-order valence-corrected chi connectivity index (χ3v) is 9.61. The topological polar surface area (TPSA) is 122 Å². The summed E-state index contributed by atoms with van der Waals surface area (Å²) in [6.45, 7) is 0.00288. The molecule has 2 N–H and O–H groups in total. The van der Waals surface area contributed by atoms with E-state index in [1.807, 2.05) is 0 Å². The van der Waals surface area contributed by atoms with Crippen molar-refractivity contribution in [1.82, 2.24) is 10.2 Å². The van der Waals surface area contributed by atoms with E-state index in [-0.39, 0.29) is 28.0 Å². The summed E-state index contributed by atoms with van der Waals surface area (Å²) in [5.41, 5.74) is 1.42. The van der Waals surface area contributed by atoms with Crippen LogP contribution in [0.1, 0.15) is 5.56 Å². The first kappa shape index (κ1) is 25.8. The fourth-order valence-electron chi connectivity index (χ4n) is 3.67. The van der Waals surface area contributed by atoms with Gasteiger partial charge >= 0.3 is 11.9 Å². The number of amides is 2. The van der Waals surface area contributed by atoms with Crippen molar-refractivity contribution in [2.24, 2.45) is 0 Å². The van der Waals surface area contributed by atoms with Crippen molar-refractivity contribution in [3.8, 4) is 5.75 Å². The Balaban J connectivity index is 1.46. The number of nitrogens with zero attached hydrogens (tertiary/aromatic N) is 1. The lowest BCUT2D eigenvalue weighted by atomic mass is 10.0. The molecule has 1 saturated heterocycles. The molecule has 9 nitrogen and oxygen atoms in total. The summed E-state index contributed by atoms with van der Waals surface area (Å²) in [5, 5.41) is 11.5. The highest BCUT2D eigenvalue weighted by atomic mass is 35.5. The van der Waals surface area contributed by atoms with Crippen LogP contribution in [0.2, 0.25) is 0 Å². The summed E-state index contributed by atoms with van der Waals surface area (Å²) in [6, 6.07) is 6.15. The van der Waals surface area contributed by atoms with Crippen LogP contribution in [0.5, 0.6) is 5.75 Å². The van der Waals surface area contributed by atoms with Gasteiger partial charge < -0.3 is 19.9 Å². The second kappa shape index (κ2) is 11.2. The van der Waals surface area contributed by atoms with Gasteiger partial charge in [0.25, 0.3) is 11.8 Å². The molecular formula is C22H21ClN2O7S3. The molecule has 13 heteroatoms. The fourth-order valence-corrected chi connectivity index (χ4v) is 7.53. The predicted octanol–water partition coefficient (Wildman–Crippen LogP) is 2.41. The molecule has 0 radical (unpaired) electrons. The number of carboxylic acid groups (broad SMARTS) is 1. The van der Waals surface area contributed by atoms with Crippen molar-refractivity contribution in [3.63, 3.8) is 0 Å². The zero-order chi connectivity index (χ0) is 25.1. The second-order valence-corrected chi connectivity index (χ2v) is 11.1. The number of esters is 1. The number of thioether (sulfide) groups is 3. The van der Waals surface area contributed by atoms with E-state index in [9.17, 15) is 24.3 Å². The van der Waals surface area contributed by atoms with Gasteiger partial charge in [0.05, 0.1) is 12.0 Å². The molecule has 2 atom stereocenters. The first-order valence-corrected chi connectivity index (χ1v) is 14.0. The highest BCUT2D eigenvalue weighted by Crippen LogP contribution is 2.42. The Bertz CT molecular complexity index is 1120. The molecule has 1 aromatic carbocycles. The van der Waals surface area contributed by atoms with E-state index in [0.717, 1.165) is 29.1 Å². The van der Waals surface area contributed by atoms with Crippen molar-refractivity contribution >= 4 is 70.6 Å². The van der Waals surface area contributed by atoms with Crippen LogP contribution in [0.15, 0.2) is 45.3 Å². The average molecular weight is 557 g/mol. The van der Waals surface area contributed by atoms with Crippen molar-refractivity contribution in [1.29, 1.82) is 0 Å². The maximum Gasteiger partial charge on any atom is 0.355 e. The summed E-state index contributed by atoms with van der Waals surface area (Å²) in [4.78, 5) is 51.6. The lowest BCUT2D eigenvalue weighted by Crippen LogP contribution is -2.70. The van der Waals surface area contributed by atoms with Crippen LogP contribution in [-0.2, 0) is 30.5 Å². The quantitative estimate of drug-likeness (QED) is 0.280. The lowest BCUT2D eigenvalue weighted by molar-refractivity contribution is -0.153. The fraction of sp³-hybridized carbons (Fsp3) is 0.364. The number of fused-ring (bicyclic) bond motifs is 1. The maximum atomic E-state index is 13.0. The van der Waals surface area contributed by atoms with Crippen LogP contribution in [0.3, 0.4) is 0 Å². The molecule has 0 saturated carbocycles. The number of halogens is 1. The maximum absolute atomic E-state index is 13.0. The summed E-state index contributed by atoms with van der Waals surface area (Å²) in [6.07, 6.45) is 0. The molecule has 0 aliphatic carbocycles. The first-order valence-electron chi connectivity index (χ1n) is 10.4. The number of ether oxygens (including phenoxy) is 2. The van der Waals surface area contributed by atoms with Crippen molar-refractivity contribution < 1.29 is 33.8 Å². The second-order valence-electron chi connectivity index (χ2n) is 7.53. The average Bonchev–Trinajstić information content (AvgIpc) is 2.89. The van der Waals surface area contributed by atoms with Gasteiger partial charge in [-0.1, -0.05) is 12.1 Å². The minimum absolute atomic E-state index is 0.00288. The van der Waals surface area contributed by atoms with E-state index in [4.69, 9.17) is 21.1 Å². The molecule has 1 fully saturated rings. The highest BCUT2D eigenvalue weighted by molar-refractivity contribution is 8.11. The number of carbonyl (C=O) groups excluding carboxylic acids is 3. The van der Waals surface area contributed by atoms with Gasteiger partial charge in [-0.05, 0) is 23.3 Å². The number of aliphatic carboxylic acids is 1. The van der Waals surface area contributed by atoms with Gasteiger partial charge in [0, 0.05) is 23.1 Å². The van der Waals surface area contributed by atoms with Gasteiger partial charge in [-0.3, -0.25) is 14.5 Å². The molecule has 186 valence electrons. The third kappa shape index (κ3) is 5.30. The number of β-lactam (4-membered cyclic amide) rings is 1. The Hall–Kier alpha value is -2.28. The van der Waals surface area contributed by atoms with Gasteiger partial charge in [0.15, 0.2) is 0 Å². The van der Waals surface area contributed by atoms with E-state index >= 15 is 0 Å². The van der Waals surface area contributed by atoms with Crippen molar-refractivity contribution in [3.05, 3.63) is 50.9 Å². The monoisotopic (exact) mass is 556 g/mol. The molecule has 1 aromatic rings. The molecule has 0 aromatic heterocycles. The first-order chi connectivity index (χ1) is 16.8. The van der Waals surface area contributed by atoms with Crippen LogP contribution < -0.4 is 10.1 Å². The van der Waals surface area contributed by atoms with Crippen molar-refractivity contribution in [2.45, 2.75) is 18.0 Å². The molecule has 3 heterocycles. The van der Waals surface area contributed by atoms with Gasteiger partial charge in [0.1, 0.15) is 34.4 Å². The van der Waals surface area contributed by atoms with Crippen molar-refractivity contribution in [2.75, 3.05) is 30.2 Å². The molecule has 4 rings (SSSR count). The Morgan fingerprint density at radius 2 is 1.86 bits per heavy atom. The normalized spacial score (nSPS) is 21.8. The standard InChI is InChI=1S/C22H21ClN2O7S3/c1-31-13-4-2-11(3-5-13)9-32-22(30)15-12(8-23)10-35-20-14(19(27)25(15)20)24-18(26)16-17(21(28)29)34-7-6-33-16/h2-5,14,20H,6-10H2,1H3,(H,24,26)(H,28,29)/t14-,20-/m1/s1. The molecule has 0 bridgehead atoms. The number of nitrogens with one attached hydrogen (secondary N) is 1. The Morgan fingerprint density at radius 3 is 2.49 bits per heavy atom. The van der Waals surface area contributed by atoms with E-state index in [0.29, 0.717) is 28.6 Å². The van der Waals surface area contributed by atoms with Gasteiger partial charge in [-0.25, -0.2) is 9.59 Å². The van der Waals surface area contributed by atoms with E-state index in [1.54, 1.807) is 31.4 Å². The molecule has 0 unspecified atom stereocenters. The lowest BCUT2D eigenvalue weighted by Gasteiger charge is -2.49. The summed E-state index contributed by atoms with van der Waals surface area (Å²) < 4.78 is 10.6. The minimum Gasteiger partial charge on any atom is -0.497 e. The number of carboxylic acids is 1. The molecule has 3 aliphatic heterocycles. The number of alkyl halides is 1. The summed E-state index contributed by atoms with van der Waals surface area (Å²) in [5.74, 6) is -0.608. The van der Waals surface area contributed by atoms with E-state index < -0.39 is 35.2 Å². The van der Waals surface area contributed by atoms with Crippen LogP contribution in [0, 0.1) is 0 Å². The molecule has 3 aliphatic rings. The molecule has 2 amide bonds. The van der Waals surface area contributed by atoms with Gasteiger partial charge in [0.2, 0.25) is 0 Å². The minimum atomic E-state index is -1.17. The van der Waals surface area contributed by atoms with Crippen LogP contribution in [0.25, 0.3) is 0 Å². The number of rotatable bonds is 8. The number of hydrogen-bond donors (Lipinski definition) is 2. The van der Waals surface area contributed by atoms with Crippen LogP contribution in [0.4, 0.5) is 0 Å². The number of benzene rings is 1. The Morgan fingerprint density at radius 1 is 1.17 bits per heavy atom. The Labute approximate surface area is 219 Å². The van der Waals surface area contributed by atoms with E-state index in [1.165, 1.54) is 16.7 Å². The van der Waals surface area contributed by atoms with Crippen LogP contribution >= 0.6 is 46.9 Å². The summed E-state index contributed by atoms with van der Waals surface area (Å²) in [7, 11) is 1.56. The third-order valence-electron chi connectivity index (χ3n) is 5.40. The molecule has 0 spiro atoms. The SMILES string of the molecule is COc1ccc(COC(=O)C2=C(CCl)CS[C@@H]3[C@H](NC(=O)C4=C(C(=O)O)SCCS4)C(=O)N23)cc1. The number of carbonyl (C=O) groups is 4. The predicted molar refractivity (Wildman–Crippen MR) is 135 cm³/mol. The molecule has 35 heavy (non-hydrogen) atoms. The molecular weight excluding hydrogens is 536 g/mol. The Kier molecular flexibility index (Phi) is 8.25. The zero-order valence-corrected chi connectivity index (χ0v) is 21.7. The number of hydrogen-bond acceptors (Lipinski definition) is 9. The largest absolute Gasteiger partial charge is 0.497 e. The van der Waals surface area contributed by atoms with Crippen LogP contribution in [-0.4, -0.2) is 75.4 Å². The highest BCUT2D eigenvalue weighted by Gasteiger charge is 2.54. The van der Waals surface area contributed by atoms with E-state index in [2.05, 4.69) is 5.32 Å². The van der Waals surface area contributed by atoms with Gasteiger partial charge in [-0.15, -0.1) is 46.9 Å². The summed E-state index contributed by atoms with van der Waals surface area (Å²) >= 11 is 9.69. The van der Waals surface area contributed by atoms with Gasteiger partial charge in [-0.2, -0.15) is 0 Å². The smallest absolute Gasteiger partial charge is 0.355 e. The zero-order valence-electron chi connectivity index (χ0n) is 18.4.